The van der Waals surface area contributed by atoms with Crippen molar-refractivity contribution < 1.29 is 13.9 Å². The minimum absolute atomic E-state index is 0.0805. The predicted octanol–water partition coefficient (Wildman–Crippen LogP) is 6.12. The second-order valence-corrected chi connectivity index (χ2v) is 16.8. The zero-order valence-corrected chi connectivity index (χ0v) is 30.8. The molecule has 1 aromatic carbocycles. The van der Waals surface area contributed by atoms with Gasteiger partial charge in [-0.15, -0.1) is 11.8 Å². The molecule has 1 aliphatic carbocycles. The van der Waals surface area contributed by atoms with E-state index in [1.807, 2.05) is 22.7 Å². The molecule has 1 N–H and O–H groups in total. The van der Waals surface area contributed by atoms with Crippen LogP contribution in [0.25, 0.3) is 0 Å². The summed E-state index contributed by atoms with van der Waals surface area (Å²) in [6.45, 7) is 10.9. The van der Waals surface area contributed by atoms with Crippen LogP contribution in [0, 0.1) is 23.1 Å². The van der Waals surface area contributed by atoms with Gasteiger partial charge in [0.25, 0.3) is 0 Å². The number of hydrogen-bond acceptors (Lipinski definition) is 8. The van der Waals surface area contributed by atoms with E-state index in [4.69, 9.17) is 4.74 Å². The number of thioether (sulfide) groups is 1. The lowest BCUT2D eigenvalue weighted by atomic mass is 9.72. The SMILES string of the molecule is C=CC(=O)N1CCN(C2C3CC[C@@]4(Cc5ccc(F)cc5CS4)CC3NC(OCC3CCCN3C)N2CCCCCCCC)CC1CC#N. The number of benzene rings is 1. The lowest BCUT2D eigenvalue weighted by Crippen LogP contribution is -2.74. The Kier molecular flexibility index (Phi) is 12.8. The van der Waals surface area contributed by atoms with Crippen molar-refractivity contribution in [1.82, 2.24) is 24.9 Å². The van der Waals surface area contributed by atoms with Gasteiger partial charge in [0, 0.05) is 54.7 Å². The number of likely N-dealkylation sites (tertiary alicyclic amines) is 1. The molecule has 4 heterocycles. The van der Waals surface area contributed by atoms with Gasteiger partial charge >= 0.3 is 0 Å². The third kappa shape index (κ3) is 8.56. The summed E-state index contributed by atoms with van der Waals surface area (Å²) >= 11 is 2.03. The second-order valence-electron chi connectivity index (χ2n) is 15.4. The van der Waals surface area contributed by atoms with Crippen molar-refractivity contribution in [3.8, 4) is 6.07 Å². The maximum absolute atomic E-state index is 14.1. The predicted molar refractivity (Wildman–Crippen MR) is 195 cm³/mol. The monoisotopic (exact) mass is 694 g/mol. The van der Waals surface area contributed by atoms with Crippen LogP contribution in [0.2, 0.25) is 0 Å². The number of piperazine rings is 1. The van der Waals surface area contributed by atoms with Gasteiger partial charge in [-0.25, -0.2) is 9.29 Å². The van der Waals surface area contributed by atoms with Crippen LogP contribution < -0.4 is 5.32 Å². The Bertz CT molecular complexity index is 1330. The number of likely N-dealkylation sites (N-methyl/N-ethyl adjacent to an activating group) is 1. The highest BCUT2D eigenvalue weighted by atomic mass is 32.2. The molecule has 5 aliphatic rings. The third-order valence-electron chi connectivity index (χ3n) is 12.2. The van der Waals surface area contributed by atoms with Gasteiger partial charge in [-0.1, -0.05) is 51.7 Å². The summed E-state index contributed by atoms with van der Waals surface area (Å²) in [6, 6.07) is 8.31. The summed E-state index contributed by atoms with van der Waals surface area (Å²) in [5.74, 6) is 1.04. The Labute approximate surface area is 298 Å². The van der Waals surface area contributed by atoms with Crippen LogP contribution in [-0.4, -0.2) is 107 Å². The van der Waals surface area contributed by atoms with E-state index in [0.717, 1.165) is 63.1 Å². The van der Waals surface area contributed by atoms with Crippen molar-refractivity contribution >= 4 is 17.7 Å². The first kappa shape index (κ1) is 36.8. The number of nitrogens with one attached hydrogen (secondary N) is 1. The average Bonchev–Trinajstić information content (AvgIpc) is 3.52. The van der Waals surface area contributed by atoms with Crippen LogP contribution in [0.3, 0.4) is 0 Å². The molecule has 1 spiro atoms. The molecule has 0 radical (unpaired) electrons. The molecule has 6 rings (SSSR count). The molecular formula is C39H59FN6O2S. The molecule has 270 valence electrons. The van der Waals surface area contributed by atoms with E-state index in [9.17, 15) is 14.4 Å². The van der Waals surface area contributed by atoms with Crippen molar-refractivity contribution in [3.63, 3.8) is 0 Å². The largest absolute Gasteiger partial charge is 0.348 e. The van der Waals surface area contributed by atoms with Gasteiger partial charge in [-0.05, 0) is 87.9 Å². The van der Waals surface area contributed by atoms with E-state index in [1.54, 1.807) is 12.1 Å². The number of hydrogen-bond donors (Lipinski definition) is 1. The fourth-order valence-corrected chi connectivity index (χ4v) is 11.0. The number of nitrogens with zero attached hydrogens (tertiary/aromatic N) is 5. The first-order valence-electron chi connectivity index (χ1n) is 19.1. The molecule has 7 atom stereocenters. The fourth-order valence-electron chi connectivity index (χ4n) is 9.46. The van der Waals surface area contributed by atoms with Crippen molar-refractivity contribution in [2.45, 2.75) is 132 Å². The number of carbonyl (C=O) groups is 1. The molecule has 1 saturated carbocycles. The number of fused-ring (bicyclic) bond motifs is 2. The highest BCUT2D eigenvalue weighted by Crippen LogP contribution is 2.51. The minimum Gasteiger partial charge on any atom is -0.348 e. The van der Waals surface area contributed by atoms with Crippen molar-refractivity contribution in [2.75, 3.05) is 46.4 Å². The molecule has 4 aliphatic heterocycles. The number of amides is 1. The number of halogens is 1. The highest BCUT2D eigenvalue weighted by Gasteiger charge is 2.53. The molecular weight excluding hydrogens is 636 g/mol. The Balaban J connectivity index is 1.27. The van der Waals surface area contributed by atoms with Crippen LogP contribution >= 0.6 is 11.8 Å². The van der Waals surface area contributed by atoms with Gasteiger partial charge in [0.05, 0.1) is 31.3 Å². The van der Waals surface area contributed by atoms with Crippen LogP contribution in [0.4, 0.5) is 4.39 Å². The zero-order chi connectivity index (χ0) is 34.4. The van der Waals surface area contributed by atoms with Gasteiger partial charge in [0.2, 0.25) is 5.91 Å². The Morgan fingerprint density at radius 2 is 2.00 bits per heavy atom. The first-order chi connectivity index (χ1) is 23.8. The number of unbranched alkanes of at least 4 members (excludes halogenated alkanes) is 5. The summed E-state index contributed by atoms with van der Waals surface area (Å²) in [5.41, 5.74) is 2.45. The summed E-state index contributed by atoms with van der Waals surface area (Å²) < 4.78 is 21.2. The number of rotatable bonds is 13. The third-order valence-corrected chi connectivity index (χ3v) is 13.8. The van der Waals surface area contributed by atoms with Crippen LogP contribution in [0.5, 0.6) is 0 Å². The fraction of sp³-hybridized carbons (Fsp3) is 0.744. The van der Waals surface area contributed by atoms with Gasteiger partial charge in [-0.3, -0.25) is 15.0 Å². The maximum Gasteiger partial charge on any atom is 0.246 e. The van der Waals surface area contributed by atoms with Crippen LogP contribution in [0.1, 0.15) is 95.1 Å². The van der Waals surface area contributed by atoms with E-state index < -0.39 is 0 Å². The molecule has 49 heavy (non-hydrogen) atoms. The van der Waals surface area contributed by atoms with E-state index in [0.29, 0.717) is 38.1 Å². The molecule has 8 nitrogen and oxygen atoms in total. The maximum atomic E-state index is 14.1. The number of carbonyl (C=O) groups excluding carboxylic acids is 1. The van der Waals surface area contributed by atoms with E-state index in [-0.39, 0.29) is 41.1 Å². The quantitative estimate of drug-likeness (QED) is 0.196. The van der Waals surface area contributed by atoms with Gasteiger partial charge in [0.1, 0.15) is 5.82 Å². The van der Waals surface area contributed by atoms with E-state index in [1.165, 1.54) is 56.6 Å². The lowest BCUT2D eigenvalue weighted by molar-refractivity contribution is -0.198. The molecule has 1 amide bonds. The summed E-state index contributed by atoms with van der Waals surface area (Å²) in [5, 5.41) is 13.9. The Morgan fingerprint density at radius 1 is 1.16 bits per heavy atom. The molecule has 4 fully saturated rings. The standard InChI is InChI=1S/C39H59FN6O2S/c1-4-6-7-8-9-10-20-46-37(44-21-22-45(36(47)5-2)32(26-44)16-18-41)34-15-17-39(24-29-13-14-31(40)23-30(29)28-49-39)25-35(34)42-38(46)48-27-33-12-11-19-43(33)3/h5,13-14,23,32-35,37-38,42H,2,4,6-12,15-17,19-22,24-28H2,1,3H3/t32?,33?,34?,35?,37?,38?,39-/m1/s1. The Morgan fingerprint density at radius 3 is 2.78 bits per heavy atom. The van der Waals surface area contributed by atoms with Gasteiger partial charge in [0.15, 0.2) is 6.35 Å². The zero-order valence-electron chi connectivity index (χ0n) is 30.0. The van der Waals surface area contributed by atoms with Crippen LogP contribution in [-0.2, 0) is 21.7 Å². The molecule has 6 unspecified atom stereocenters. The molecule has 1 aromatic rings. The number of ether oxygens (including phenoxy) is 1. The van der Waals surface area contributed by atoms with Crippen molar-refractivity contribution in [3.05, 3.63) is 47.8 Å². The Hall–Kier alpha value is -2.00. The minimum atomic E-state index is -0.191. The van der Waals surface area contributed by atoms with E-state index in [2.05, 4.69) is 46.6 Å². The van der Waals surface area contributed by atoms with Gasteiger partial charge in [-0.2, -0.15) is 5.26 Å². The first-order valence-corrected chi connectivity index (χ1v) is 20.1. The molecule has 0 bridgehead atoms. The van der Waals surface area contributed by atoms with Crippen LogP contribution in [0.15, 0.2) is 30.9 Å². The van der Waals surface area contributed by atoms with Crippen molar-refractivity contribution in [2.24, 2.45) is 5.92 Å². The normalized spacial score (nSPS) is 32.5. The highest BCUT2D eigenvalue weighted by molar-refractivity contribution is 8.00. The smallest absolute Gasteiger partial charge is 0.246 e. The summed E-state index contributed by atoms with van der Waals surface area (Å²) in [6.07, 6.45) is 15.8. The van der Waals surface area contributed by atoms with E-state index >= 15 is 0 Å². The van der Waals surface area contributed by atoms with Gasteiger partial charge < -0.3 is 14.5 Å². The summed E-state index contributed by atoms with van der Waals surface area (Å²) in [7, 11) is 2.22. The molecule has 0 aromatic heterocycles. The topological polar surface area (TPSA) is 75.1 Å². The average molecular weight is 695 g/mol. The summed E-state index contributed by atoms with van der Waals surface area (Å²) in [4.78, 5) is 22.4. The molecule has 10 heteroatoms. The molecule has 3 saturated heterocycles. The number of nitriles is 1. The lowest BCUT2D eigenvalue weighted by Gasteiger charge is -2.59. The second kappa shape index (κ2) is 17.0. The van der Waals surface area contributed by atoms with Crippen molar-refractivity contribution in [1.29, 1.82) is 5.26 Å².